The van der Waals surface area contributed by atoms with E-state index in [2.05, 4.69) is 35.5 Å². The maximum absolute atomic E-state index is 3.31. The highest BCUT2D eigenvalue weighted by atomic mass is 14.7. The number of allylic oxidation sites excluding steroid dienone is 2. The third-order valence-electron chi connectivity index (χ3n) is 2.82. The topological polar surface area (TPSA) is 15.8 Å². The molecule has 0 fully saturated rings. The van der Waals surface area contributed by atoms with Crippen molar-refractivity contribution in [2.45, 2.75) is 18.8 Å². The molecule has 1 unspecified atom stereocenters. The first-order valence-electron chi connectivity index (χ1n) is 4.49. The summed E-state index contributed by atoms with van der Waals surface area (Å²) in [6.07, 6.45) is 13.5. The van der Waals surface area contributed by atoms with Crippen LogP contribution in [0.5, 0.6) is 0 Å². The predicted molar refractivity (Wildman–Crippen MR) is 50.8 cm³/mol. The molecule has 1 heteroatoms. The van der Waals surface area contributed by atoms with Crippen LogP contribution in [0.1, 0.15) is 35.6 Å². The van der Waals surface area contributed by atoms with Crippen molar-refractivity contribution in [3.63, 3.8) is 0 Å². The Hall–Kier alpha value is -1.24. The lowest BCUT2D eigenvalue weighted by atomic mass is 9.83. The van der Waals surface area contributed by atoms with E-state index in [1.807, 2.05) is 0 Å². The van der Waals surface area contributed by atoms with Gasteiger partial charge in [0.15, 0.2) is 0 Å². The summed E-state index contributed by atoms with van der Waals surface area (Å²) >= 11 is 0. The molecule has 3 rings (SSSR count). The van der Waals surface area contributed by atoms with Crippen LogP contribution < -0.4 is 0 Å². The van der Waals surface area contributed by atoms with Gasteiger partial charge in [0, 0.05) is 11.9 Å². The van der Waals surface area contributed by atoms with Gasteiger partial charge in [-0.05, 0) is 36.0 Å². The summed E-state index contributed by atoms with van der Waals surface area (Å²) in [5, 5.41) is 0. The zero-order chi connectivity index (χ0) is 7.97. The average Bonchev–Trinajstić information content (AvgIpc) is 2.52. The second kappa shape index (κ2) is 2.13. The average molecular weight is 157 g/mol. The zero-order valence-corrected chi connectivity index (χ0v) is 6.88. The summed E-state index contributed by atoms with van der Waals surface area (Å²) in [5.41, 5.74) is 4.26. The Morgan fingerprint density at radius 1 is 1.17 bits per heavy atom. The molecule has 1 aromatic rings. The number of H-pyrrole nitrogens is 1. The molecule has 0 aliphatic heterocycles. The van der Waals surface area contributed by atoms with Gasteiger partial charge in [0.1, 0.15) is 0 Å². The van der Waals surface area contributed by atoms with Crippen LogP contribution in [-0.4, -0.2) is 4.98 Å². The lowest BCUT2D eigenvalue weighted by Gasteiger charge is -2.21. The van der Waals surface area contributed by atoms with E-state index in [9.17, 15) is 0 Å². The molecule has 1 N–H and O–H groups in total. The molecule has 60 valence electrons. The van der Waals surface area contributed by atoms with Crippen molar-refractivity contribution in [3.05, 3.63) is 35.2 Å². The molecule has 0 bridgehead atoms. The van der Waals surface area contributed by atoms with E-state index < -0.39 is 0 Å². The monoisotopic (exact) mass is 157 g/mol. The summed E-state index contributed by atoms with van der Waals surface area (Å²) in [7, 11) is 0. The van der Waals surface area contributed by atoms with Gasteiger partial charge in [-0.15, -0.1) is 0 Å². The second-order valence-corrected chi connectivity index (χ2v) is 3.54. The van der Waals surface area contributed by atoms with Crippen molar-refractivity contribution >= 4 is 12.2 Å². The predicted octanol–water partition coefficient (Wildman–Crippen LogP) is 2.93. The van der Waals surface area contributed by atoms with E-state index in [4.69, 9.17) is 0 Å². The fraction of sp³-hybridized carbons (Fsp3) is 0.273. The van der Waals surface area contributed by atoms with Gasteiger partial charge in [-0.1, -0.05) is 18.2 Å². The summed E-state index contributed by atoms with van der Waals surface area (Å²) in [6.45, 7) is 0. The Morgan fingerprint density at radius 3 is 2.92 bits per heavy atom. The van der Waals surface area contributed by atoms with Crippen molar-refractivity contribution in [2.24, 2.45) is 0 Å². The van der Waals surface area contributed by atoms with E-state index in [-0.39, 0.29) is 0 Å². The number of rotatable bonds is 0. The van der Waals surface area contributed by atoms with Gasteiger partial charge >= 0.3 is 0 Å². The molecule has 0 saturated carbocycles. The number of aromatic amines is 1. The van der Waals surface area contributed by atoms with Gasteiger partial charge in [0.25, 0.3) is 0 Å². The van der Waals surface area contributed by atoms with Crippen LogP contribution in [0.2, 0.25) is 0 Å². The fourth-order valence-electron chi connectivity index (χ4n) is 2.24. The SMILES string of the molecule is C1=Cc2c[nH]c3c2C(C1)CC=C3. The van der Waals surface area contributed by atoms with E-state index in [1.54, 1.807) is 5.56 Å². The molecule has 2 aliphatic carbocycles. The molecule has 12 heavy (non-hydrogen) atoms. The highest BCUT2D eigenvalue weighted by molar-refractivity contribution is 5.67. The van der Waals surface area contributed by atoms with Crippen LogP contribution in [-0.2, 0) is 0 Å². The summed E-state index contributed by atoms with van der Waals surface area (Å²) < 4.78 is 0. The Labute approximate surface area is 71.8 Å². The minimum Gasteiger partial charge on any atom is -0.361 e. The van der Waals surface area contributed by atoms with E-state index >= 15 is 0 Å². The zero-order valence-electron chi connectivity index (χ0n) is 6.88. The third kappa shape index (κ3) is 0.685. The molecule has 0 amide bonds. The molecular weight excluding hydrogens is 146 g/mol. The molecule has 0 radical (unpaired) electrons. The molecule has 0 aromatic carbocycles. The summed E-state index contributed by atoms with van der Waals surface area (Å²) in [4.78, 5) is 3.31. The van der Waals surface area contributed by atoms with E-state index in [0.717, 1.165) is 5.92 Å². The van der Waals surface area contributed by atoms with Crippen molar-refractivity contribution in [1.82, 2.24) is 4.98 Å². The Morgan fingerprint density at radius 2 is 2.00 bits per heavy atom. The van der Waals surface area contributed by atoms with Gasteiger partial charge in [0.05, 0.1) is 0 Å². The van der Waals surface area contributed by atoms with Gasteiger partial charge in [-0.25, -0.2) is 0 Å². The highest BCUT2D eigenvalue weighted by Gasteiger charge is 2.22. The summed E-state index contributed by atoms with van der Waals surface area (Å²) in [6, 6.07) is 0. The van der Waals surface area contributed by atoms with Gasteiger partial charge in [0.2, 0.25) is 0 Å². The van der Waals surface area contributed by atoms with Crippen molar-refractivity contribution in [2.75, 3.05) is 0 Å². The number of nitrogens with one attached hydrogen (secondary N) is 1. The largest absolute Gasteiger partial charge is 0.361 e. The minimum absolute atomic E-state index is 0.747. The highest BCUT2D eigenvalue weighted by Crippen LogP contribution is 2.38. The quantitative estimate of drug-likeness (QED) is 0.596. The Bertz CT molecular complexity index is 335. The van der Waals surface area contributed by atoms with Gasteiger partial charge < -0.3 is 4.98 Å². The maximum atomic E-state index is 3.31. The first-order chi connectivity index (χ1) is 5.95. The lowest BCUT2D eigenvalue weighted by molar-refractivity contribution is 0.699. The second-order valence-electron chi connectivity index (χ2n) is 3.54. The van der Waals surface area contributed by atoms with Gasteiger partial charge in [-0.3, -0.25) is 0 Å². The normalized spacial score (nSPS) is 24.2. The Kier molecular flexibility index (Phi) is 1.12. The molecule has 1 nitrogen and oxygen atoms in total. The fourth-order valence-corrected chi connectivity index (χ4v) is 2.24. The van der Waals surface area contributed by atoms with Crippen LogP contribution >= 0.6 is 0 Å². The molecule has 1 aromatic heterocycles. The van der Waals surface area contributed by atoms with Crippen LogP contribution in [0.15, 0.2) is 18.3 Å². The number of hydrogen-bond acceptors (Lipinski definition) is 0. The first-order valence-corrected chi connectivity index (χ1v) is 4.49. The number of aromatic nitrogens is 1. The molecule has 2 aliphatic rings. The molecule has 1 heterocycles. The molecule has 0 saturated heterocycles. The van der Waals surface area contributed by atoms with E-state index in [1.165, 1.54) is 24.1 Å². The van der Waals surface area contributed by atoms with Crippen LogP contribution in [0, 0.1) is 0 Å². The van der Waals surface area contributed by atoms with Crippen molar-refractivity contribution in [1.29, 1.82) is 0 Å². The summed E-state index contributed by atoms with van der Waals surface area (Å²) in [5.74, 6) is 0.747. The van der Waals surface area contributed by atoms with Crippen LogP contribution in [0.3, 0.4) is 0 Å². The first kappa shape index (κ1) is 6.30. The van der Waals surface area contributed by atoms with Crippen molar-refractivity contribution < 1.29 is 0 Å². The van der Waals surface area contributed by atoms with Crippen LogP contribution in [0.25, 0.3) is 12.2 Å². The van der Waals surface area contributed by atoms with Crippen molar-refractivity contribution in [3.8, 4) is 0 Å². The van der Waals surface area contributed by atoms with E-state index in [0.29, 0.717) is 0 Å². The molecule has 1 atom stereocenters. The minimum atomic E-state index is 0.747. The third-order valence-corrected chi connectivity index (χ3v) is 2.82. The van der Waals surface area contributed by atoms with Gasteiger partial charge in [-0.2, -0.15) is 0 Å². The molecule has 0 spiro atoms. The maximum Gasteiger partial charge on any atom is 0.0418 e. The number of hydrogen-bond donors (Lipinski definition) is 1. The standard InChI is InChI=1S/C11H11N/c1-3-8-4-2-6-10-11(8)9(5-1)7-12-10/h1-2,5-8,12H,3-4H2. The molecular formula is C11H11N. The van der Waals surface area contributed by atoms with Crippen LogP contribution in [0.4, 0.5) is 0 Å². The smallest absolute Gasteiger partial charge is 0.0418 e. The Balaban J connectivity index is 2.29. The lowest BCUT2D eigenvalue weighted by Crippen LogP contribution is -2.05.